The van der Waals surface area contributed by atoms with Crippen molar-refractivity contribution in [3.63, 3.8) is 0 Å². The first kappa shape index (κ1) is 17.0. The number of aromatic nitrogens is 2. The number of likely N-dealkylation sites (tertiary alicyclic amines) is 1. The normalized spacial score (nSPS) is 25.2. The monoisotopic (exact) mass is 352 g/mol. The van der Waals surface area contributed by atoms with Gasteiger partial charge in [0, 0.05) is 38.0 Å². The van der Waals surface area contributed by atoms with E-state index in [0.717, 1.165) is 0 Å². The molecule has 1 saturated carbocycles. The molecular formula is C16H21ClN4O3. The highest BCUT2D eigenvalue weighted by molar-refractivity contribution is 6.29. The minimum Gasteiger partial charge on any atom is -0.444 e. The average Bonchev–Trinajstić information content (AvgIpc) is 2.98. The number of halogens is 1. The van der Waals surface area contributed by atoms with Crippen LogP contribution in [-0.2, 0) is 4.74 Å². The Morgan fingerprint density at radius 1 is 1.25 bits per heavy atom. The number of hydrogen-bond acceptors (Lipinski definition) is 5. The fourth-order valence-electron chi connectivity index (χ4n) is 3.28. The molecule has 1 aliphatic heterocycles. The smallest absolute Gasteiger partial charge is 0.410 e. The molecule has 3 atom stereocenters. The largest absolute Gasteiger partial charge is 0.444 e. The van der Waals surface area contributed by atoms with E-state index in [1.54, 1.807) is 16.8 Å². The Balaban J connectivity index is 1.56. The van der Waals surface area contributed by atoms with Gasteiger partial charge >= 0.3 is 6.09 Å². The van der Waals surface area contributed by atoms with Crippen LogP contribution in [0.1, 0.15) is 31.3 Å². The minimum atomic E-state index is -0.497. The lowest BCUT2D eigenvalue weighted by atomic mass is 10.2. The SMILES string of the molecule is CN(C(=O)c1cnc(Cl)cn1)C1[C@H]2CN(C(=O)OC(C)(C)C)C[C@@H]12. The number of hydrogen-bond donors (Lipinski definition) is 0. The lowest BCUT2D eigenvalue weighted by molar-refractivity contribution is 0.0260. The Labute approximate surface area is 145 Å². The van der Waals surface area contributed by atoms with E-state index in [4.69, 9.17) is 16.3 Å². The molecule has 0 spiro atoms. The van der Waals surface area contributed by atoms with Gasteiger partial charge in [-0.2, -0.15) is 0 Å². The van der Waals surface area contributed by atoms with Crippen LogP contribution in [0.15, 0.2) is 12.4 Å². The number of ether oxygens (including phenoxy) is 1. The maximum absolute atomic E-state index is 12.4. The quantitative estimate of drug-likeness (QED) is 0.814. The molecule has 2 aliphatic rings. The molecule has 1 aromatic rings. The molecule has 2 fully saturated rings. The van der Waals surface area contributed by atoms with Gasteiger partial charge in [0.05, 0.1) is 12.4 Å². The second-order valence-corrected chi connectivity index (χ2v) is 7.73. The summed E-state index contributed by atoms with van der Waals surface area (Å²) in [6, 6.07) is 0.133. The summed E-state index contributed by atoms with van der Waals surface area (Å²) in [5, 5.41) is 0.255. The number of piperidine rings is 1. The zero-order valence-electron chi connectivity index (χ0n) is 14.2. The van der Waals surface area contributed by atoms with E-state index < -0.39 is 5.60 Å². The van der Waals surface area contributed by atoms with Gasteiger partial charge in [0.15, 0.2) is 0 Å². The summed E-state index contributed by atoms with van der Waals surface area (Å²) in [6.07, 6.45) is 2.46. The maximum atomic E-state index is 12.4. The van der Waals surface area contributed by atoms with Gasteiger partial charge in [-0.3, -0.25) is 4.79 Å². The molecule has 8 heteroatoms. The number of carbonyl (C=O) groups excluding carboxylic acids is 2. The molecule has 1 unspecified atom stereocenters. The van der Waals surface area contributed by atoms with Crippen molar-refractivity contribution in [3.8, 4) is 0 Å². The van der Waals surface area contributed by atoms with Crippen molar-refractivity contribution in [2.75, 3.05) is 20.1 Å². The third kappa shape index (κ3) is 3.31. The first-order chi connectivity index (χ1) is 11.2. The van der Waals surface area contributed by atoms with E-state index in [2.05, 4.69) is 9.97 Å². The lowest BCUT2D eigenvalue weighted by Crippen LogP contribution is -2.40. The fraction of sp³-hybridized carbons (Fsp3) is 0.625. The van der Waals surface area contributed by atoms with Crippen molar-refractivity contribution in [3.05, 3.63) is 23.2 Å². The molecular weight excluding hydrogens is 332 g/mol. The van der Waals surface area contributed by atoms with E-state index in [1.807, 2.05) is 20.8 Å². The number of rotatable bonds is 2. The highest BCUT2D eigenvalue weighted by atomic mass is 35.5. The summed E-state index contributed by atoms with van der Waals surface area (Å²) in [7, 11) is 1.76. The van der Waals surface area contributed by atoms with Crippen molar-refractivity contribution in [2.24, 2.45) is 11.8 Å². The lowest BCUT2D eigenvalue weighted by Gasteiger charge is -2.27. The minimum absolute atomic E-state index is 0.133. The van der Waals surface area contributed by atoms with Gasteiger partial charge in [-0.25, -0.2) is 14.8 Å². The molecule has 24 heavy (non-hydrogen) atoms. The van der Waals surface area contributed by atoms with Crippen LogP contribution in [0, 0.1) is 11.8 Å². The van der Waals surface area contributed by atoms with Crippen LogP contribution in [0.4, 0.5) is 4.79 Å². The van der Waals surface area contributed by atoms with E-state index in [-0.39, 0.29) is 28.9 Å². The Bertz CT molecular complexity index is 646. The van der Waals surface area contributed by atoms with Gasteiger partial charge in [0.25, 0.3) is 5.91 Å². The molecule has 3 rings (SSSR count). The predicted octanol–water partition coefficient (Wildman–Crippen LogP) is 2.07. The van der Waals surface area contributed by atoms with E-state index in [1.165, 1.54) is 12.4 Å². The Morgan fingerprint density at radius 2 is 1.88 bits per heavy atom. The van der Waals surface area contributed by atoms with Gasteiger partial charge in [-0.1, -0.05) is 11.6 Å². The van der Waals surface area contributed by atoms with Crippen molar-refractivity contribution < 1.29 is 14.3 Å². The van der Waals surface area contributed by atoms with Crippen molar-refractivity contribution in [2.45, 2.75) is 32.4 Å². The molecule has 2 amide bonds. The zero-order valence-corrected chi connectivity index (χ0v) is 14.9. The van der Waals surface area contributed by atoms with Gasteiger partial charge in [0.1, 0.15) is 16.4 Å². The first-order valence-corrected chi connectivity index (χ1v) is 8.28. The molecule has 0 radical (unpaired) electrons. The molecule has 130 valence electrons. The third-order valence-electron chi connectivity index (χ3n) is 4.41. The van der Waals surface area contributed by atoms with Crippen molar-refractivity contribution in [1.29, 1.82) is 0 Å². The Morgan fingerprint density at radius 3 is 2.38 bits per heavy atom. The van der Waals surface area contributed by atoms with Gasteiger partial charge in [-0.15, -0.1) is 0 Å². The van der Waals surface area contributed by atoms with Crippen LogP contribution in [0.3, 0.4) is 0 Å². The van der Waals surface area contributed by atoms with Gasteiger partial charge < -0.3 is 14.5 Å². The van der Waals surface area contributed by atoms with Crippen LogP contribution < -0.4 is 0 Å². The molecule has 1 aliphatic carbocycles. The summed E-state index contributed by atoms with van der Waals surface area (Å²) >= 11 is 5.69. The summed E-state index contributed by atoms with van der Waals surface area (Å²) in [5.74, 6) is 0.417. The van der Waals surface area contributed by atoms with Gasteiger partial charge in [-0.05, 0) is 20.8 Å². The molecule has 0 bridgehead atoms. The predicted molar refractivity (Wildman–Crippen MR) is 87.7 cm³/mol. The summed E-state index contributed by atoms with van der Waals surface area (Å²) < 4.78 is 5.39. The number of nitrogens with zero attached hydrogens (tertiary/aromatic N) is 4. The molecule has 1 saturated heterocycles. The highest BCUT2D eigenvalue weighted by Gasteiger charge is 2.60. The molecule has 7 nitrogen and oxygen atoms in total. The summed E-state index contributed by atoms with van der Waals surface area (Å²) in [5.41, 5.74) is -0.223. The second-order valence-electron chi connectivity index (χ2n) is 7.34. The summed E-state index contributed by atoms with van der Waals surface area (Å²) in [4.78, 5) is 35.9. The van der Waals surface area contributed by atoms with Crippen molar-refractivity contribution >= 4 is 23.6 Å². The second kappa shape index (κ2) is 5.88. The van der Waals surface area contributed by atoms with Crippen LogP contribution in [0.5, 0.6) is 0 Å². The van der Waals surface area contributed by atoms with E-state index in [9.17, 15) is 9.59 Å². The van der Waals surface area contributed by atoms with Crippen LogP contribution in [0.25, 0.3) is 0 Å². The number of carbonyl (C=O) groups is 2. The number of amides is 2. The molecule has 2 heterocycles. The fourth-order valence-corrected chi connectivity index (χ4v) is 3.38. The average molecular weight is 353 g/mol. The van der Waals surface area contributed by atoms with Crippen molar-refractivity contribution in [1.82, 2.24) is 19.8 Å². The molecule has 0 N–H and O–H groups in total. The van der Waals surface area contributed by atoms with E-state index in [0.29, 0.717) is 24.9 Å². The Kier molecular flexibility index (Phi) is 4.15. The zero-order chi connectivity index (χ0) is 17.6. The van der Waals surface area contributed by atoms with E-state index >= 15 is 0 Å². The summed E-state index contributed by atoms with van der Waals surface area (Å²) in [6.45, 7) is 6.79. The Hall–Kier alpha value is -1.89. The first-order valence-electron chi connectivity index (χ1n) is 7.90. The standard InChI is InChI=1S/C16H21ClN4O3/c1-16(2,3)24-15(23)21-7-9-10(8-21)13(9)20(4)14(22)11-5-19-12(17)6-18-11/h5-6,9-10,13H,7-8H2,1-4H3/t9-,10+,13?. The van der Waals surface area contributed by atoms with Crippen LogP contribution >= 0.6 is 11.6 Å². The van der Waals surface area contributed by atoms with Gasteiger partial charge in [0.2, 0.25) is 0 Å². The number of fused-ring (bicyclic) bond motifs is 1. The molecule has 1 aromatic heterocycles. The highest BCUT2D eigenvalue weighted by Crippen LogP contribution is 2.49. The third-order valence-corrected chi connectivity index (χ3v) is 4.60. The maximum Gasteiger partial charge on any atom is 0.410 e. The van der Waals surface area contributed by atoms with Crippen LogP contribution in [-0.4, -0.2) is 63.5 Å². The van der Waals surface area contributed by atoms with Crippen LogP contribution in [0.2, 0.25) is 5.15 Å². The molecule has 0 aromatic carbocycles. The topological polar surface area (TPSA) is 75.6 Å².